The maximum atomic E-state index is 13.4. The zero-order valence-electron chi connectivity index (χ0n) is 22.4. The van der Waals surface area contributed by atoms with Crippen LogP contribution in [0, 0.1) is 6.92 Å². The number of ether oxygens (including phenoxy) is 1. The Bertz CT molecular complexity index is 1690. The highest BCUT2D eigenvalue weighted by atomic mass is 28.1. The number of carbonyl (C=O) groups is 1. The molecule has 7 nitrogen and oxygen atoms in total. The zero-order valence-corrected chi connectivity index (χ0v) is 24.4. The molecule has 0 aliphatic heterocycles. The van der Waals surface area contributed by atoms with Crippen molar-refractivity contribution in [1.82, 2.24) is 10.3 Å². The maximum absolute atomic E-state index is 13.4. The summed E-state index contributed by atoms with van der Waals surface area (Å²) in [7, 11) is 0.205. The van der Waals surface area contributed by atoms with E-state index in [9.17, 15) is 23.8 Å². The monoisotopic (exact) mass is 574 g/mol. The first-order chi connectivity index (χ1) is 19.6. The molecular weight excluding hydrogens is 546 g/mol. The van der Waals surface area contributed by atoms with Crippen LogP contribution in [0.15, 0.2) is 89.3 Å². The molecule has 4 aromatic carbocycles. The number of hydrogen-bond acceptors (Lipinski definition) is 6. The molecule has 0 aliphatic rings. The second kappa shape index (κ2) is 11.5. The minimum absolute atomic E-state index is 0.0589. The van der Waals surface area contributed by atoms with Crippen molar-refractivity contribution >= 4 is 27.3 Å². The van der Waals surface area contributed by atoms with E-state index in [4.69, 9.17) is 9.15 Å². The van der Waals surface area contributed by atoms with Gasteiger partial charge in [-0.2, -0.15) is 8.78 Å². The summed E-state index contributed by atoms with van der Waals surface area (Å²) in [4.78, 5) is 16.9. The Morgan fingerprint density at radius 2 is 1.76 bits per heavy atom. The van der Waals surface area contributed by atoms with Gasteiger partial charge in [-0.1, -0.05) is 54.6 Å². The second-order valence-corrected chi connectivity index (χ2v) is 11.7. The number of phenolic OH excluding ortho intramolecular Hbond substituents is 1. The molecule has 10 heteroatoms. The molecule has 5 rings (SSSR count). The summed E-state index contributed by atoms with van der Waals surface area (Å²) in [6, 6.07) is 24.9. The number of phenols is 1. The summed E-state index contributed by atoms with van der Waals surface area (Å²) in [5.41, 5.74) is 5.49. The first-order valence-corrected chi connectivity index (χ1v) is 13.9. The van der Waals surface area contributed by atoms with E-state index in [-0.39, 0.29) is 40.3 Å². The largest absolute Gasteiger partial charge is 0.508 e. The highest BCUT2D eigenvalue weighted by Gasteiger charge is 2.33. The van der Waals surface area contributed by atoms with Gasteiger partial charge in [0.25, 0.3) is 0 Å². The molecule has 1 atom stereocenters. The number of carboxylic acid groups (broad SMARTS) is 1. The van der Waals surface area contributed by atoms with Crippen LogP contribution in [0.5, 0.6) is 11.5 Å². The van der Waals surface area contributed by atoms with Crippen LogP contribution >= 0.6 is 0 Å². The topological polar surface area (TPSA) is 105 Å². The van der Waals surface area contributed by atoms with Crippen LogP contribution in [0.25, 0.3) is 33.7 Å². The molecule has 210 valence electrons. The van der Waals surface area contributed by atoms with Crippen molar-refractivity contribution < 1.29 is 32.9 Å². The first kappa shape index (κ1) is 28.0. The molecule has 0 fully saturated rings. The van der Waals surface area contributed by atoms with E-state index in [1.54, 1.807) is 18.2 Å². The van der Waals surface area contributed by atoms with E-state index in [2.05, 4.69) is 10.3 Å². The number of alkyl halides is 2. The number of benzene rings is 4. The lowest BCUT2D eigenvalue weighted by atomic mass is 9.96. The molecule has 0 saturated carbocycles. The van der Waals surface area contributed by atoms with Gasteiger partial charge < -0.3 is 24.7 Å². The Labute approximate surface area is 237 Å². The maximum Gasteiger partial charge on any atom is 0.387 e. The average molecular weight is 575 g/mol. The van der Waals surface area contributed by atoms with Crippen LogP contribution in [-0.4, -0.2) is 43.2 Å². The molecule has 0 radical (unpaired) electrons. The molecule has 5 aromatic rings. The van der Waals surface area contributed by atoms with Gasteiger partial charge in [0.15, 0.2) is 5.58 Å². The minimum atomic E-state index is -3.09. The number of nitrogens with one attached hydrogen (secondary N) is 1. The standard InChI is InChI=1S/C31H28F2N2O5Si/c1-18-23(20-6-3-2-4-7-20)8-5-9-24(18)28-35-25-14-21(26(40-30(32)33)15-27(25)39-28)17-34-31(41,29(37)38)16-19-10-12-22(36)13-11-19/h2-15,30,34,36H,16-17H2,1,41H3,(H,37,38). The Kier molecular flexibility index (Phi) is 7.87. The van der Waals surface area contributed by atoms with Gasteiger partial charge in [-0.15, -0.1) is 0 Å². The number of oxazole rings is 1. The Morgan fingerprint density at radius 1 is 1.05 bits per heavy atom. The van der Waals surface area contributed by atoms with Crippen molar-refractivity contribution in [2.45, 2.75) is 31.7 Å². The molecule has 1 aromatic heterocycles. The molecule has 3 N–H and O–H groups in total. The van der Waals surface area contributed by atoms with Gasteiger partial charge in [0, 0.05) is 34.0 Å². The fourth-order valence-corrected chi connectivity index (χ4v) is 5.37. The number of aliphatic carboxylic acids is 1. The van der Waals surface area contributed by atoms with Crippen LogP contribution < -0.4 is 10.1 Å². The van der Waals surface area contributed by atoms with Crippen molar-refractivity contribution in [3.8, 4) is 34.1 Å². The number of halogens is 2. The van der Waals surface area contributed by atoms with Gasteiger partial charge in [0.05, 0.1) is 0 Å². The summed E-state index contributed by atoms with van der Waals surface area (Å²) in [6.45, 7) is -1.18. The molecule has 41 heavy (non-hydrogen) atoms. The summed E-state index contributed by atoms with van der Waals surface area (Å²) < 4.78 is 37.5. The lowest BCUT2D eigenvalue weighted by Crippen LogP contribution is -2.54. The van der Waals surface area contributed by atoms with Crippen molar-refractivity contribution in [3.63, 3.8) is 0 Å². The summed E-state index contributed by atoms with van der Waals surface area (Å²) in [5.74, 6) is -0.783. The molecule has 0 aliphatic carbocycles. The summed E-state index contributed by atoms with van der Waals surface area (Å²) >= 11 is 0. The predicted octanol–water partition coefficient (Wildman–Crippen LogP) is 5.26. The summed E-state index contributed by atoms with van der Waals surface area (Å²) in [6.07, 6.45) is 0.146. The second-order valence-electron chi connectivity index (χ2n) is 10.0. The molecule has 0 saturated heterocycles. The number of aromatic nitrogens is 1. The molecule has 0 amide bonds. The number of hydrogen-bond donors (Lipinski definition) is 3. The van der Waals surface area contributed by atoms with Gasteiger partial charge >= 0.3 is 12.6 Å². The smallest absolute Gasteiger partial charge is 0.387 e. The van der Waals surface area contributed by atoms with Gasteiger partial charge in [0.1, 0.15) is 22.2 Å². The number of aromatic hydroxyl groups is 1. The summed E-state index contributed by atoms with van der Waals surface area (Å²) in [5, 5.41) is 21.3. The van der Waals surface area contributed by atoms with E-state index in [1.807, 2.05) is 55.5 Å². The molecular formula is C31H28F2N2O5Si. The van der Waals surface area contributed by atoms with Crippen molar-refractivity contribution in [2.24, 2.45) is 0 Å². The van der Waals surface area contributed by atoms with E-state index in [0.29, 0.717) is 22.5 Å². The number of nitrogens with zero attached hydrogens (tertiary/aromatic N) is 1. The molecule has 1 heterocycles. The third kappa shape index (κ3) is 6.13. The van der Waals surface area contributed by atoms with Crippen LogP contribution in [0.1, 0.15) is 16.7 Å². The van der Waals surface area contributed by atoms with Crippen molar-refractivity contribution in [1.29, 1.82) is 0 Å². The lowest BCUT2D eigenvalue weighted by molar-refractivity contribution is -0.141. The number of carboxylic acids is 1. The lowest BCUT2D eigenvalue weighted by Gasteiger charge is -2.27. The highest BCUT2D eigenvalue weighted by Crippen LogP contribution is 2.35. The van der Waals surface area contributed by atoms with E-state index in [1.165, 1.54) is 18.2 Å². The Balaban J connectivity index is 1.48. The first-order valence-electron chi connectivity index (χ1n) is 12.9. The quantitative estimate of drug-likeness (QED) is 0.196. The SMILES string of the molecule is Cc1c(-c2ccccc2)cccc1-c1nc2cc(CNC([SiH3])(Cc3ccc(O)cc3)C(=O)O)c(OC(F)F)cc2o1. The minimum Gasteiger partial charge on any atom is -0.508 e. The Hall–Kier alpha value is -4.54. The van der Waals surface area contributed by atoms with E-state index in [0.717, 1.165) is 22.3 Å². The van der Waals surface area contributed by atoms with Gasteiger partial charge in [-0.3, -0.25) is 4.79 Å². The van der Waals surface area contributed by atoms with Gasteiger partial charge in [-0.05, 0) is 59.9 Å². The highest BCUT2D eigenvalue weighted by molar-refractivity contribution is 6.27. The van der Waals surface area contributed by atoms with Crippen LogP contribution in [0.2, 0.25) is 0 Å². The predicted molar refractivity (Wildman–Crippen MR) is 155 cm³/mol. The van der Waals surface area contributed by atoms with Gasteiger partial charge in [-0.25, -0.2) is 4.98 Å². The third-order valence-electron chi connectivity index (χ3n) is 7.07. The average Bonchev–Trinajstić information content (AvgIpc) is 3.36. The fourth-order valence-electron chi connectivity index (χ4n) is 4.78. The molecule has 1 unspecified atom stereocenters. The fraction of sp³-hybridized carbons (Fsp3) is 0.161. The van der Waals surface area contributed by atoms with Crippen LogP contribution in [0.4, 0.5) is 8.78 Å². The number of rotatable bonds is 10. The zero-order chi connectivity index (χ0) is 29.1. The van der Waals surface area contributed by atoms with Crippen LogP contribution in [0.3, 0.4) is 0 Å². The third-order valence-corrected chi connectivity index (χ3v) is 8.21. The van der Waals surface area contributed by atoms with E-state index < -0.39 is 17.7 Å². The van der Waals surface area contributed by atoms with Gasteiger partial charge in [0.2, 0.25) is 5.89 Å². The van der Waals surface area contributed by atoms with Crippen molar-refractivity contribution in [3.05, 3.63) is 102 Å². The van der Waals surface area contributed by atoms with E-state index >= 15 is 0 Å². The molecule has 0 bridgehead atoms. The number of fused-ring (bicyclic) bond motifs is 1. The molecule has 0 spiro atoms. The normalized spacial score (nSPS) is 13.0. The Morgan fingerprint density at radius 3 is 2.44 bits per heavy atom. The van der Waals surface area contributed by atoms with Crippen molar-refractivity contribution in [2.75, 3.05) is 0 Å². The van der Waals surface area contributed by atoms with Crippen LogP contribution in [-0.2, 0) is 17.8 Å².